The van der Waals surface area contributed by atoms with Crippen molar-refractivity contribution in [3.05, 3.63) is 33.9 Å². The van der Waals surface area contributed by atoms with Gasteiger partial charge in [0.15, 0.2) is 0 Å². The summed E-state index contributed by atoms with van der Waals surface area (Å²) in [5, 5.41) is 13.8. The Morgan fingerprint density at radius 1 is 1.50 bits per heavy atom. The average Bonchev–Trinajstić information content (AvgIpc) is 2.40. The fourth-order valence-corrected chi connectivity index (χ4v) is 2.48. The van der Waals surface area contributed by atoms with Gasteiger partial charge < -0.3 is 10.2 Å². The highest BCUT2D eigenvalue weighted by molar-refractivity contribution is 6.01. The molecule has 0 aliphatic heterocycles. The third-order valence-electron chi connectivity index (χ3n) is 3.82. The summed E-state index contributed by atoms with van der Waals surface area (Å²) >= 11 is 0. The van der Waals surface area contributed by atoms with E-state index in [0.29, 0.717) is 18.0 Å². The molecule has 6 heteroatoms. The zero-order chi connectivity index (χ0) is 14.7. The quantitative estimate of drug-likeness (QED) is 0.662. The van der Waals surface area contributed by atoms with Crippen LogP contribution in [0.25, 0.3) is 0 Å². The molecule has 1 aliphatic rings. The Labute approximate surface area is 117 Å². The lowest BCUT2D eigenvalue weighted by Gasteiger charge is -2.30. The molecule has 0 bridgehead atoms. The van der Waals surface area contributed by atoms with E-state index in [1.165, 1.54) is 12.5 Å². The van der Waals surface area contributed by atoms with Gasteiger partial charge in [-0.1, -0.05) is 12.5 Å². The summed E-state index contributed by atoms with van der Waals surface area (Å²) in [6.07, 6.45) is 3.54. The van der Waals surface area contributed by atoms with Crippen LogP contribution in [0, 0.1) is 16.0 Å². The van der Waals surface area contributed by atoms with E-state index >= 15 is 0 Å². The van der Waals surface area contributed by atoms with E-state index in [9.17, 15) is 14.9 Å². The zero-order valence-corrected chi connectivity index (χ0v) is 11.8. The second kappa shape index (κ2) is 5.90. The lowest BCUT2D eigenvalue weighted by atomic mass is 9.85. The fraction of sp³-hybridized carbons (Fsp3) is 0.500. The first-order valence-corrected chi connectivity index (χ1v) is 6.75. The van der Waals surface area contributed by atoms with Crippen molar-refractivity contribution in [2.24, 2.45) is 5.92 Å². The Kier molecular flexibility index (Phi) is 4.22. The van der Waals surface area contributed by atoms with Crippen LogP contribution in [0.5, 0.6) is 0 Å². The SMILES string of the molecule is CNc1c(C(=O)N(C)CC2CCC2)cccc1[N+](=O)[O-]. The molecule has 20 heavy (non-hydrogen) atoms. The lowest BCUT2D eigenvalue weighted by Crippen LogP contribution is -2.34. The second-order valence-corrected chi connectivity index (χ2v) is 5.19. The third-order valence-corrected chi connectivity index (χ3v) is 3.82. The van der Waals surface area contributed by atoms with Crippen LogP contribution >= 0.6 is 0 Å². The maximum absolute atomic E-state index is 12.4. The number of nitrogens with one attached hydrogen (secondary N) is 1. The summed E-state index contributed by atoms with van der Waals surface area (Å²) in [7, 11) is 3.34. The standard InChI is InChI=1S/C14H19N3O3/c1-15-13-11(7-4-8-12(13)17(19)20)14(18)16(2)9-10-5-3-6-10/h4,7-8,10,15H,3,5-6,9H2,1-2H3. The van der Waals surface area contributed by atoms with Gasteiger partial charge in [0, 0.05) is 26.7 Å². The van der Waals surface area contributed by atoms with E-state index in [-0.39, 0.29) is 17.3 Å². The number of para-hydroxylation sites is 1. The highest BCUT2D eigenvalue weighted by Gasteiger charge is 2.25. The molecular weight excluding hydrogens is 258 g/mol. The van der Waals surface area contributed by atoms with Gasteiger partial charge in [-0.2, -0.15) is 0 Å². The normalized spacial score (nSPS) is 14.5. The van der Waals surface area contributed by atoms with Crippen LogP contribution in [-0.4, -0.2) is 36.4 Å². The van der Waals surface area contributed by atoms with E-state index in [0.717, 1.165) is 12.8 Å². The molecular formula is C14H19N3O3. The first-order valence-electron chi connectivity index (χ1n) is 6.75. The van der Waals surface area contributed by atoms with Crippen molar-refractivity contribution < 1.29 is 9.72 Å². The van der Waals surface area contributed by atoms with Crippen LogP contribution in [-0.2, 0) is 0 Å². The molecule has 1 N–H and O–H groups in total. The van der Waals surface area contributed by atoms with Gasteiger partial charge >= 0.3 is 0 Å². The Hall–Kier alpha value is -2.11. The molecule has 0 aromatic heterocycles. The molecule has 0 radical (unpaired) electrons. The summed E-state index contributed by atoms with van der Waals surface area (Å²) in [6, 6.07) is 4.57. The first kappa shape index (κ1) is 14.3. The molecule has 1 saturated carbocycles. The van der Waals surface area contributed by atoms with E-state index in [1.807, 2.05) is 0 Å². The predicted octanol–water partition coefficient (Wildman–Crippen LogP) is 2.51. The lowest BCUT2D eigenvalue weighted by molar-refractivity contribution is -0.384. The molecule has 1 aromatic carbocycles. The van der Waals surface area contributed by atoms with Crippen molar-refractivity contribution in [1.29, 1.82) is 0 Å². The average molecular weight is 277 g/mol. The van der Waals surface area contributed by atoms with E-state index in [4.69, 9.17) is 0 Å². The second-order valence-electron chi connectivity index (χ2n) is 5.19. The van der Waals surface area contributed by atoms with E-state index in [2.05, 4.69) is 5.32 Å². The molecule has 0 heterocycles. The molecule has 6 nitrogen and oxygen atoms in total. The van der Waals surface area contributed by atoms with Gasteiger partial charge in [0.2, 0.25) is 0 Å². The molecule has 0 spiro atoms. The number of nitro groups is 1. The molecule has 1 aromatic rings. The summed E-state index contributed by atoms with van der Waals surface area (Å²) in [5.74, 6) is 0.394. The van der Waals surface area contributed by atoms with Gasteiger partial charge in [-0.05, 0) is 24.8 Å². The highest BCUT2D eigenvalue weighted by atomic mass is 16.6. The van der Waals surface area contributed by atoms with Gasteiger partial charge in [0.05, 0.1) is 10.5 Å². The van der Waals surface area contributed by atoms with E-state index < -0.39 is 4.92 Å². The summed E-state index contributed by atoms with van der Waals surface area (Å²) < 4.78 is 0. The smallest absolute Gasteiger partial charge is 0.293 e. The van der Waals surface area contributed by atoms with Crippen LogP contribution in [0.15, 0.2) is 18.2 Å². The molecule has 2 rings (SSSR count). The summed E-state index contributed by atoms with van der Waals surface area (Å²) in [5.41, 5.74) is 0.557. The molecule has 108 valence electrons. The maximum atomic E-state index is 12.4. The molecule has 1 aliphatic carbocycles. The third kappa shape index (κ3) is 2.74. The number of amides is 1. The minimum Gasteiger partial charge on any atom is -0.382 e. The monoisotopic (exact) mass is 277 g/mol. The summed E-state index contributed by atoms with van der Waals surface area (Å²) in [4.78, 5) is 24.6. The fourth-order valence-electron chi connectivity index (χ4n) is 2.48. The van der Waals surface area contributed by atoms with Gasteiger partial charge in [-0.25, -0.2) is 0 Å². The first-order chi connectivity index (χ1) is 9.54. The van der Waals surface area contributed by atoms with Crippen molar-refractivity contribution in [3.8, 4) is 0 Å². The topological polar surface area (TPSA) is 75.5 Å². The largest absolute Gasteiger partial charge is 0.382 e. The number of benzene rings is 1. The Balaban J connectivity index is 2.24. The van der Waals surface area contributed by atoms with Crippen LogP contribution in [0.3, 0.4) is 0 Å². The summed E-state index contributed by atoms with van der Waals surface area (Å²) in [6.45, 7) is 0.713. The molecule has 0 atom stereocenters. The van der Waals surface area contributed by atoms with Crippen molar-refractivity contribution in [3.63, 3.8) is 0 Å². The molecule has 0 saturated heterocycles. The number of hydrogen-bond donors (Lipinski definition) is 1. The maximum Gasteiger partial charge on any atom is 0.293 e. The van der Waals surface area contributed by atoms with Crippen molar-refractivity contribution >= 4 is 17.3 Å². The van der Waals surface area contributed by atoms with Crippen molar-refractivity contribution in [1.82, 2.24) is 4.90 Å². The van der Waals surface area contributed by atoms with Crippen LogP contribution < -0.4 is 5.32 Å². The molecule has 1 amide bonds. The number of carbonyl (C=O) groups excluding carboxylic acids is 1. The molecule has 1 fully saturated rings. The van der Waals surface area contributed by atoms with Gasteiger partial charge in [-0.3, -0.25) is 14.9 Å². The van der Waals surface area contributed by atoms with Crippen LogP contribution in [0.1, 0.15) is 29.6 Å². The zero-order valence-electron chi connectivity index (χ0n) is 11.8. The van der Waals surface area contributed by atoms with Gasteiger partial charge in [0.1, 0.15) is 5.69 Å². The van der Waals surface area contributed by atoms with Gasteiger partial charge in [-0.15, -0.1) is 0 Å². The van der Waals surface area contributed by atoms with Crippen molar-refractivity contribution in [2.75, 3.05) is 26.0 Å². The number of carbonyl (C=O) groups is 1. The molecule has 0 unspecified atom stereocenters. The minimum absolute atomic E-state index is 0.0737. The highest BCUT2D eigenvalue weighted by Crippen LogP contribution is 2.30. The Morgan fingerprint density at radius 3 is 2.70 bits per heavy atom. The van der Waals surface area contributed by atoms with Crippen LogP contribution in [0.4, 0.5) is 11.4 Å². The predicted molar refractivity (Wildman–Crippen MR) is 76.9 cm³/mol. The number of hydrogen-bond acceptors (Lipinski definition) is 4. The number of nitrogens with zero attached hydrogens (tertiary/aromatic N) is 2. The van der Waals surface area contributed by atoms with E-state index in [1.54, 1.807) is 31.1 Å². The Bertz CT molecular complexity index is 526. The minimum atomic E-state index is -0.478. The van der Waals surface area contributed by atoms with Crippen molar-refractivity contribution in [2.45, 2.75) is 19.3 Å². The van der Waals surface area contributed by atoms with Gasteiger partial charge in [0.25, 0.3) is 11.6 Å². The van der Waals surface area contributed by atoms with Crippen LogP contribution in [0.2, 0.25) is 0 Å². The number of rotatable bonds is 5. The number of nitro benzene ring substituents is 1. The number of anilines is 1. The Morgan fingerprint density at radius 2 is 2.20 bits per heavy atom.